The van der Waals surface area contributed by atoms with Crippen LogP contribution in [0.15, 0.2) is 0 Å². The van der Waals surface area contributed by atoms with Gasteiger partial charge in [0.25, 0.3) is 0 Å². The predicted molar refractivity (Wildman–Crippen MR) is 44.1 cm³/mol. The van der Waals surface area contributed by atoms with E-state index in [0.717, 1.165) is 0 Å². The van der Waals surface area contributed by atoms with Crippen LogP contribution in [0.2, 0.25) is 0 Å². The van der Waals surface area contributed by atoms with Gasteiger partial charge in [-0.15, -0.1) is 12.4 Å². The summed E-state index contributed by atoms with van der Waals surface area (Å²) in [5, 5.41) is 27.2. The number of aliphatic hydroxyl groups is 3. The topological polar surface area (TPSA) is 95.9 Å². The normalized spacial score (nSPS) is 45.5. The van der Waals surface area contributed by atoms with Crippen molar-refractivity contribution in [2.75, 3.05) is 6.67 Å². The van der Waals surface area contributed by atoms with Crippen LogP contribution in [0.4, 0.5) is 4.39 Å². The molecule has 5 atom stereocenters. The molecule has 0 aromatic rings. The summed E-state index contributed by atoms with van der Waals surface area (Å²) in [6, 6.07) is -1.09. The van der Waals surface area contributed by atoms with Crippen molar-refractivity contribution in [1.29, 1.82) is 0 Å². The second-order valence-electron chi connectivity index (χ2n) is 2.78. The van der Waals surface area contributed by atoms with E-state index >= 15 is 0 Å². The molecule has 0 amide bonds. The molecule has 0 bridgehead atoms. The van der Waals surface area contributed by atoms with E-state index in [0.29, 0.717) is 0 Å². The Bertz CT molecular complexity index is 159. The zero-order valence-corrected chi connectivity index (χ0v) is 7.52. The maximum Gasteiger partial charge on any atom is 0.173 e. The van der Waals surface area contributed by atoms with Crippen LogP contribution in [0.3, 0.4) is 0 Å². The van der Waals surface area contributed by atoms with Crippen molar-refractivity contribution >= 4 is 12.4 Å². The number of halogens is 2. The minimum absolute atomic E-state index is 0. The number of alkyl halides is 1. The average molecular weight is 218 g/mol. The minimum atomic E-state index is -1.43. The fourth-order valence-corrected chi connectivity index (χ4v) is 1.09. The Hall–Kier alpha value is 0.0200. The van der Waals surface area contributed by atoms with Crippen LogP contribution >= 0.6 is 12.4 Å². The van der Waals surface area contributed by atoms with Crippen LogP contribution in [0.5, 0.6) is 0 Å². The summed E-state index contributed by atoms with van der Waals surface area (Å²) in [6.45, 7) is -0.970. The summed E-state index contributed by atoms with van der Waals surface area (Å²) in [6.07, 6.45) is -5.36. The second kappa shape index (κ2) is 5.04. The van der Waals surface area contributed by atoms with E-state index in [9.17, 15) is 4.39 Å². The fourth-order valence-electron chi connectivity index (χ4n) is 1.09. The highest BCUT2D eigenvalue weighted by Gasteiger charge is 2.41. The largest absolute Gasteiger partial charge is 0.388 e. The number of hydrogen-bond donors (Lipinski definition) is 4. The highest BCUT2D eigenvalue weighted by molar-refractivity contribution is 5.85. The van der Waals surface area contributed by atoms with Gasteiger partial charge in [-0.1, -0.05) is 0 Å². The maximum absolute atomic E-state index is 12.1. The Morgan fingerprint density at radius 1 is 1.23 bits per heavy atom. The maximum atomic E-state index is 12.1. The Morgan fingerprint density at radius 3 is 2.23 bits per heavy atom. The average Bonchev–Trinajstić information content (AvgIpc) is 2.08. The monoisotopic (exact) mass is 217 g/mol. The molecule has 1 heterocycles. The first-order valence-electron chi connectivity index (χ1n) is 3.59. The lowest BCUT2D eigenvalue weighted by atomic mass is 9.98. The summed E-state index contributed by atoms with van der Waals surface area (Å²) in [5.41, 5.74) is 5.22. The van der Waals surface area contributed by atoms with Crippen molar-refractivity contribution < 1.29 is 24.4 Å². The molecule has 7 heteroatoms. The molecule has 1 rings (SSSR count). The molecule has 0 aromatic heterocycles. The molecular formula is C6H13ClFNO4. The number of ether oxygens (including phenoxy) is 1. The molecule has 1 saturated heterocycles. The molecule has 1 unspecified atom stereocenters. The van der Waals surface area contributed by atoms with E-state index < -0.39 is 37.3 Å². The van der Waals surface area contributed by atoms with Gasteiger partial charge in [0.05, 0.1) is 6.04 Å². The van der Waals surface area contributed by atoms with Crippen LogP contribution in [0.1, 0.15) is 0 Å². The van der Waals surface area contributed by atoms with E-state index in [1.807, 2.05) is 0 Å². The molecule has 5 N–H and O–H groups in total. The lowest BCUT2D eigenvalue weighted by Gasteiger charge is -2.37. The summed E-state index contributed by atoms with van der Waals surface area (Å²) in [4.78, 5) is 0. The summed E-state index contributed by atoms with van der Waals surface area (Å²) in [5.74, 6) is 0. The van der Waals surface area contributed by atoms with E-state index in [4.69, 9.17) is 21.1 Å². The van der Waals surface area contributed by atoms with Crippen LogP contribution in [-0.4, -0.2) is 52.6 Å². The Labute approximate surface area is 80.7 Å². The van der Waals surface area contributed by atoms with Gasteiger partial charge in [-0.2, -0.15) is 0 Å². The van der Waals surface area contributed by atoms with E-state index in [-0.39, 0.29) is 12.4 Å². The van der Waals surface area contributed by atoms with Crippen molar-refractivity contribution in [3.05, 3.63) is 0 Å². The molecule has 80 valence electrons. The van der Waals surface area contributed by atoms with Crippen LogP contribution in [0, 0.1) is 0 Å². The van der Waals surface area contributed by atoms with Crippen LogP contribution in [-0.2, 0) is 4.74 Å². The molecule has 5 nitrogen and oxygen atoms in total. The van der Waals surface area contributed by atoms with Gasteiger partial charge >= 0.3 is 0 Å². The molecule has 0 spiro atoms. The van der Waals surface area contributed by atoms with Crippen molar-refractivity contribution in [3.63, 3.8) is 0 Å². The first-order valence-corrected chi connectivity index (χ1v) is 3.59. The Balaban J connectivity index is 0.00000144. The number of aliphatic hydroxyl groups excluding tert-OH is 3. The third-order valence-corrected chi connectivity index (χ3v) is 1.92. The van der Waals surface area contributed by atoms with Gasteiger partial charge in [0, 0.05) is 0 Å². The smallest absolute Gasteiger partial charge is 0.173 e. The third kappa shape index (κ3) is 2.49. The standard InChI is InChI=1S/C6H12FNO4.ClH/c7-1-2-4(9)5(10)3(8)6(11)12-2;/h2-6,9-11H,1,8H2;1H/t2-,3-,4-,5-,6?;/m0./s1. The lowest BCUT2D eigenvalue weighted by Crippen LogP contribution is -2.61. The number of rotatable bonds is 1. The van der Waals surface area contributed by atoms with Gasteiger partial charge in [-0.25, -0.2) is 4.39 Å². The quantitative estimate of drug-likeness (QED) is 0.413. The number of hydrogen-bond acceptors (Lipinski definition) is 5. The molecule has 13 heavy (non-hydrogen) atoms. The van der Waals surface area contributed by atoms with Gasteiger partial charge in [0.15, 0.2) is 6.29 Å². The lowest BCUT2D eigenvalue weighted by molar-refractivity contribution is -0.244. The molecule has 1 aliphatic rings. The van der Waals surface area contributed by atoms with E-state index in [1.165, 1.54) is 0 Å². The van der Waals surface area contributed by atoms with Crippen molar-refractivity contribution in [2.45, 2.75) is 30.6 Å². The molecular weight excluding hydrogens is 205 g/mol. The summed E-state index contributed by atoms with van der Waals surface area (Å²) < 4.78 is 16.6. The SMILES string of the molecule is Cl.N[C@@H]1C(O)O[C@@H](CF)[C@H](O)[C@H]1O. The van der Waals surface area contributed by atoms with Gasteiger partial charge in [-0.3, -0.25) is 0 Å². The highest BCUT2D eigenvalue weighted by Crippen LogP contribution is 2.18. The van der Waals surface area contributed by atoms with Crippen LogP contribution < -0.4 is 5.73 Å². The molecule has 0 aliphatic carbocycles. The summed E-state index contributed by atoms with van der Waals surface area (Å²) >= 11 is 0. The summed E-state index contributed by atoms with van der Waals surface area (Å²) in [7, 11) is 0. The van der Waals surface area contributed by atoms with Crippen LogP contribution in [0.25, 0.3) is 0 Å². The molecule has 1 fully saturated rings. The third-order valence-electron chi connectivity index (χ3n) is 1.92. The Morgan fingerprint density at radius 2 is 1.77 bits per heavy atom. The zero-order valence-electron chi connectivity index (χ0n) is 6.71. The Kier molecular flexibility index (Phi) is 5.05. The number of nitrogens with two attached hydrogens (primary N) is 1. The molecule has 0 radical (unpaired) electrons. The van der Waals surface area contributed by atoms with Gasteiger partial charge in [-0.05, 0) is 0 Å². The molecule has 0 aromatic carbocycles. The molecule has 0 saturated carbocycles. The first kappa shape index (κ1) is 13.0. The fraction of sp³-hybridized carbons (Fsp3) is 1.00. The van der Waals surface area contributed by atoms with Crippen molar-refractivity contribution in [1.82, 2.24) is 0 Å². The molecule has 1 aliphatic heterocycles. The van der Waals surface area contributed by atoms with Gasteiger partial charge in [0.1, 0.15) is 25.0 Å². The minimum Gasteiger partial charge on any atom is -0.388 e. The van der Waals surface area contributed by atoms with E-state index in [1.54, 1.807) is 0 Å². The first-order chi connectivity index (χ1) is 5.57. The van der Waals surface area contributed by atoms with Crippen molar-refractivity contribution in [3.8, 4) is 0 Å². The zero-order chi connectivity index (χ0) is 9.30. The highest BCUT2D eigenvalue weighted by atomic mass is 35.5. The van der Waals surface area contributed by atoms with Crippen molar-refractivity contribution in [2.24, 2.45) is 5.73 Å². The predicted octanol–water partition coefficient (Wildman–Crippen LogP) is -1.86. The van der Waals surface area contributed by atoms with E-state index in [2.05, 4.69) is 4.74 Å². The van der Waals surface area contributed by atoms with Gasteiger partial charge < -0.3 is 25.8 Å². The van der Waals surface area contributed by atoms with Gasteiger partial charge in [0.2, 0.25) is 0 Å². The second-order valence-corrected chi connectivity index (χ2v) is 2.78.